The molecule has 636 valence electrons. The van der Waals surface area contributed by atoms with Crippen molar-refractivity contribution in [1.82, 2.24) is 0 Å². The molecule has 0 fully saturated rings. The van der Waals surface area contributed by atoms with Crippen LogP contribution in [0.3, 0.4) is 0 Å². The van der Waals surface area contributed by atoms with Crippen molar-refractivity contribution in [2.45, 2.75) is 126 Å². The number of amides is 6. The fraction of sp³-hybridized carbons (Fsp3) is 0.337. The number of aliphatic imine (C=N–C) groups is 4. The molecule has 8 aromatic rings. The van der Waals surface area contributed by atoms with Gasteiger partial charge >= 0.3 is 281 Å². The van der Waals surface area contributed by atoms with Crippen molar-refractivity contribution in [1.29, 1.82) is 0 Å². The van der Waals surface area contributed by atoms with Crippen LogP contribution in [-0.4, -0.2) is 169 Å². The number of anilines is 6. The summed E-state index contributed by atoms with van der Waals surface area (Å²) in [4.78, 5) is 117. The van der Waals surface area contributed by atoms with Gasteiger partial charge in [-0.15, -0.1) is 0 Å². The molecule has 0 unspecified atom stereocenters. The van der Waals surface area contributed by atoms with Gasteiger partial charge in [-0.2, -0.15) is 0 Å². The number of ether oxygens (including phenoxy) is 6. The van der Waals surface area contributed by atoms with Crippen LogP contribution < -0.4 is 188 Å². The summed E-state index contributed by atoms with van der Waals surface area (Å²) in [5, 5.41) is 24.5. The Morgan fingerprint density at radius 1 is 0.512 bits per heavy atom. The number of phenols is 1. The van der Waals surface area contributed by atoms with Crippen LogP contribution in [0.2, 0.25) is 0 Å². The first-order valence-electron chi connectivity index (χ1n) is 39.1. The molecular formula is C89H93I2K2N10O16S4-. The average Bonchev–Trinajstić information content (AvgIpc) is 1.62. The molecule has 8 heterocycles. The predicted molar refractivity (Wildman–Crippen MR) is 486 cm³/mol. The van der Waals surface area contributed by atoms with Gasteiger partial charge in [-0.25, -0.2) is 0 Å². The molecule has 123 heavy (non-hydrogen) atoms. The molecule has 16 rings (SSSR count). The molecule has 8 aromatic carbocycles. The van der Waals surface area contributed by atoms with Crippen molar-refractivity contribution in [2.24, 2.45) is 20.0 Å². The number of nitrogens with zero attached hydrogens (tertiary/aromatic N) is 8. The average molecular weight is 2020 g/mol. The minimum atomic E-state index is -0.277. The number of nitrogens with one attached hydrogen (secondary N) is 2. The van der Waals surface area contributed by atoms with Gasteiger partial charge in [-0.05, 0) is 118 Å². The van der Waals surface area contributed by atoms with E-state index in [4.69, 9.17) is 53.5 Å². The van der Waals surface area contributed by atoms with Crippen LogP contribution in [0, 0.1) is 3.57 Å². The number of carbonyl (C=O) groups is 7. The first-order chi connectivity index (χ1) is 58.4. The van der Waals surface area contributed by atoms with Crippen LogP contribution in [0.15, 0.2) is 153 Å². The summed E-state index contributed by atoms with van der Waals surface area (Å²) >= 11 is 2.29. The van der Waals surface area contributed by atoms with Gasteiger partial charge < -0.3 is 51.0 Å². The minimum absolute atomic E-state index is 0. The zero-order chi connectivity index (χ0) is 85.8. The monoisotopic (exact) mass is 2020 g/mol. The molecule has 0 radical (unpaired) electrons. The molecule has 4 atom stereocenters. The van der Waals surface area contributed by atoms with Gasteiger partial charge in [0.05, 0.1) is 97.8 Å². The van der Waals surface area contributed by atoms with E-state index >= 15 is 0 Å². The quantitative estimate of drug-likeness (QED) is 0.00657. The molecule has 0 saturated carbocycles. The van der Waals surface area contributed by atoms with Gasteiger partial charge in [0.15, 0.2) is 34.5 Å². The Bertz CT molecular complexity index is 5440. The molecule has 0 saturated heterocycles. The third kappa shape index (κ3) is 22.8. The van der Waals surface area contributed by atoms with Crippen molar-refractivity contribution in [3.05, 3.63) is 182 Å². The van der Waals surface area contributed by atoms with E-state index in [1.54, 1.807) is 109 Å². The summed E-state index contributed by atoms with van der Waals surface area (Å²) in [7, 11) is 13.1. The van der Waals surface area contributed by atoms with Crippen molar-refractivity contribution in [2.75, 3.05) is 93.3 Å². The second-order valence-corrected chi connectivity index (χ2v) is 40.4. The van der Waals surface area contributed by atoms with Crippen LogP contribution in [0.5, 0.6) is 40.2 Å². The van der Waals surface area contributed by atoms with Crippen LogP contribution in [0.25, 0.3) is 0 Å². The van der Waals surface area contributed by atoms with E-state index in [1.807, 2.05) is 115 Å². The number of carbonyl (C=O) groups excluding carboxylic acids is 7. The van der Waals surface area contributed by atoms with E-state index in [2.05, 4.69) is 82.9 Å². The smallest absolute Gasteiger partial charge is 1.00 e. The van der Waals surface area contributed by atoms with Crippen LogP contribution in [0.1, 0.15) is 131 Å². The number of alkyl halides is 2. The number of hydrogen-bond donors (Lipinski definition) is 3. The molecular weight excluding hydrogens is 1930 g/mol. The topological polar surface area (TPSA) is 314 Å². The first kappa shape index (κ1) is 97.0. The van der Waals surface area contributed by atoms with Crippen LogP contribution in [0.4, 0.5) is 56.9 Å². The number of halogens is 2. The van der Waals surface area contributed by atoms with E-state index in [1.165, 1.54) is 50.8 Å². The number of aromatic hydroxyl groups is 1. The standard InChI is InChI=1S/C44H45N5O7S2.C24H27N3O4S2.C20H19I2N2O2.CH2O3.2K.H/c1-44(2,58-57-5)14-13-41(50)47-28-12-11-27-18-30-25-46-34-23-40(38(54-4)21-32(34)43(52)49(30)36(27)19-28)56-16-8-15-55-39-22-33-31(20-37(39)53-3)42(51)48-29(24-45-33)17-26-9-6-7-10-35(26)48;1-24(2,33-32-4)8-7-22(29)26-15-6-5-14-9-16-13-25-18-12-20(28)21(31-3)11-17(18)23(30)27(16)19(14)10-15;1-26-19-10-15-17(11-16(19)22-8-4-7-21)23-12-14-9-13-5-2-3-6-18(13)24(14)20(15)25;2-1-4-3;;;/h6-7,9-12,19-25,29-30H,8,13-18H2,1-5H3,(H,47,50);5-6,10-13,16,28H,7-9H2,1-4H3,(H,26,29);2-3,5-6,10-12,14H,4,7-9H2,1H3;1,3H;;;/q;;-1;;2*+1;-1/p-1/t29-,30-;16-;14-;;;;/m000..../s1. The molecule has 8 aliphatic heterocycles. The Labute approximate surface area is 841 Å². The number of hydrogen-bond acceptors (Lipinski definition) is 24. The number of phenolic OH excluding ortho intramolecular Hbond substituents is 1. The van der Waals surface area contributed by atoms with Crippen LogP contribution in [-0.2, 0) is 45.0 Å². The van der Waals surface area contributed by atoms with E-state index in [0.29, 0.717) is 119 Å². The van der Waals surface area contributed by atoms with Crippen LogP contribution >= 0.6 is 65.8 Å². The summed E-state index contributed by atoms with van der Waals surface area (Å²) in [5.74, 6) is 2.12. The minimum Gasteiger partial charge on any atom is -1.00 e. The number of benzene rings is 8. The number of fused-ring (bicyclic) bond motifs is 16. The summed E-state index contributed by atoms with van der Waals surface area (Å²) in [6.07, 6.45) is 18.2. The predicted octanol–water partition coefficient (Wildman–Crippen LogP) is 7.45. The molecule has 26 nitrogen and oxygen atoms in total. The van der Waals surface area contributed by atoms with Gasteiger partial charge in [0, 0.05) is 102 Å². The van der Waals surface area contributed by atoms with E-state index < -0.39 is 0 Å². The van der Waals surface area contributed by atoms with Crippen molar-refractivity contribution in [3.63, 3.8) is 0 Å². The Morgan fingerprint density at radius 3 is 1.25 bits per heavy atom. The molecule has 0 aromatic heterocycles. The number of rotatable bonds is 27. The van der Waals surface area contributed by atoms with E-state index in [0.717, 1.165) is 70.1 Å². The molecule has 8 aliphatic rings. The second-order valence-electron chi connectivity index (χ2n) is 30.2. The number of methoxy groups -OCH3 is 4. The molecule has 3 N–H and O–H groups in total. The van der Waals surface area contributed by atoms with Crippen molar-refractivity contribution < 1.29 is 203 Å². The summed E-state index contributed by atoms with van der Waals surface area (Å²) in [5.41, 5.74) is 13.1. The van der Waals surface area contributed by atoms with Gasteiger partial charge in [0.2, 0.25) is 11.8 Å². The summed E-state index contributed by atoms with van der Waals surface area (Å²) < 4.78 is 38.1. The van der Waals surface area contributed by atoms with Crippen molar-refractivity contribution in [3.8, 4) is 40.2 Å². The third-order valence-electron chi connectivity index (χ3n) is 21.1. The summed E-state index contributed by atoms with van der Waals surface area (Å²) in [6, 6.07) is 40.6. The Kier molecular flexibility index (Phi) is 35.1. The van der Waals surface area contributed by atoms with Gasteiger partial charge in [-0.1, -0.05) is 73.5 Å². The second kappa shape index (κ2) is 44.4. The van der Waals surface area contributed by atoms with Crippen molar-refractivity contribution >= 4 is 189 Å². The third-order valence-corrected chi connectivity index (χ3v) is 30.2. The molecule has 0 spiro atoms. The Morgan fingerprint density at radius 2 is 0.870 bits per heavy atom. The van der Waals surface area contributed by atoms with Gasteiger partial charge in [0.25, 0.3) is 24.2 Å². The van der Waals surface area contributed by atoms with E-state index in [-0.39, 0.29) is 219 Å². The first-order valence-corrected chi connectivity index (χ1v) is 48.3. The van der Waals surface area contributed by atoms with E-state index in [9.17, 15) is 33.9 Å². The maximum Gasteiger partial charge on any atom is 1.00 e. The molecule has 6 amide bonds. The zero-order valence-electron chi connectivity index (χ0n) is 71.3. The largest absolute Gasteiger partial charge is 1.00 e. The molecule has 34 heteroatoms. The fourth-order valence-electron chi connectivity index (χ4n) is 15.3. The SMILES string of the molecule is COc1cc2c(cc1O)N=C[C@@H]1Cc3ccc(NC(=O)CCC(C)(C)SSC)cc3N1C2=O.COc1cc2c(cc1OCCCOc1cc3c(cc1OC)C(=O)N1c4cc(NC(=O)CCC(C)(C)SSC)ccc4C[C@H]1C=N3)N=C[C@@H]1Cc3ccccc3N1C2=O.COc1cc2c(cc1[I-]CCCI)N=C[C@@H]1Cc3ccccc3N1C2=O.O=CO[O-].[H-].[K+].[K+]. The summed E-state index contributed by atoms with van der Waals surface area (Å²) in [6.45, 7) is 8.96. The molecule has 0 bridgehead atoms. The Hall–Kier alpha value is -6.58. The maximum absolute atomic E-state index is 14.2. The Balaban J connectivity index is 0.000000206. The van der Waals surface area contributed by atoms with Gasteiger partial charge in [0.1, 0.15) is 0 Å². The zero-order valence-corrected chi connectivity index (χ0v) is 84.2. The van der Waals surface area contributed by atoms with Gasteiger partial charge in [-0.3, -0.25) is 58.4 Å². The number of para-hydroxylation sites is 2. The fourth-order valence-corrected chi connectivity index (χ4v) is 24.3. The molecule has 0 aliphatic carbocycles. The maximum atomic E-state index is 14.2. The normalized spacial score (nSPS) is 16.6.